The zero-order valence-corrected chi connectivity index (χ0v) is 10.4. The number of aliphatic hydroxyl groups excluding tert-OH is 1. The average molecular weight is 238 g/mol. The molecule has 16 heavy (non-hydrogen) atoms. The number of aliphatic hydroxyl groups is 1. The highest BCUT2D eigenvalue weighted by atomic mass is 32.2. The standard InChI is InChI=1S/C12H18N2OS/c1-10(15)11-3-4-13-12(9-11)14-5-2-7-16-8-6-14/h3-4,9-10,15H,2,5-8H2,1H3/t10-/m1/s1. The van der Waals surface area contributed by atoms with E-state index in [1.807, 2.05) is 23.9 Å². The third kappa shape index (κ3) is 2.89. The van der Waals surface area contributed by atoms with Crippen molar-refractivity contribution in [1.29, 1.82) is 0 Å². The number of thioether (sulfide) groups is 1. The van der Waals surface area contributed by atoms with Crippen molar-refractivity contribution in [3.05, 3.63) is 23.9 Å². The Morgan fingerprint density at radius 1 is 1.44 bits per heavy atom. The zero-order valence-electron chi connectivity index (χ0n) is 9.59. The minimum atomic E-state index is -0.414. The summed E-state index contributed by atoms with van der Waals surface area (Å²) in [4.78, 5) is 6.70. The van der Waals surface area contributed by atoms with Gasteiger partial charge in [0.05, 0.1) is 6.10 Å². The van der Waals surface area contributed by atoms with Gasteiger partial charge in [-0.05, 0) is 36.8 Å². The van der Waals surface area contributed by atoms with Gasteiger partial charge in [-0.3, -0.25) is 0 Å². The Morgan fingerprint density at radius 3 is 3.12 bits per heavy atom. The van der Waals surface area contributed by atoms with Crippen LogP contribution in [0.4, 0.5) is 5.82 Å². The van der Waals surface area contributed by atoms with Crippen LogP contribution in [0.15, 0.2) is 18.3 Å². The van der Waals surface area contributed by atoms with E-state index in [0.717, 1.165) is 24.5 Å². The second-order valence-corrected chi connectivity index (χ2v) is 5.30. The van der Waals surface area contributed by atoms with E-state index in [1.165, 1.54) is 17.9 Å². The molecule has 1 fully saturated rings. The van der Waals surface area contributed by atoms with Gasteiger partial charge in [-0.25, -0.2) is 4.98 Å². The van der Waals surface area contributed by atoms with Crippen molar-refractivity contribution in [2.75, 3.05) is 29.5 Å². The first-order chi connectivity index (χ1) is 7.77. The van der Waals surface area contributed by atoms with Gasteiger partial charge in [-0.15, -0.1) is 0 Å². The van der Waals surface area contributed by atoms with Gasteiger partial charge in [-0.2, -0.15) is 11.8 Å². The summed E-state index contributed by atoms with van der Waals surface area (Å²) in [5.74, 6) is 3.41. The Hall–Kier alpha value is -0.740. The summed E-state index contributed by atoms with van der Waals surface area (Å²) < 4.78 is 0. The summed E-state index contributed by atoms with van der Waals surface area (Å²) >= 11 is 2.01. The van der Waals surface area contributed by atoms with Crippen LogP contribution >= 0.6 is 11.8 Å². The lowest BCUT2D eigenvalue weighted by molar-refractivity contribution is 0.199. The normalized spacial score (nSPS) is 19.2. The van der Waals surface area contributed by atoms with Crippen molar-refractivity contribution in [2.45, 2.75) is 19.4 Å². The van der Waals surface area contributed by atoms with Crippen molar-refractivity contribution >= 4 is 17.6 Å². The predicted octanol–water partition coefficient (Wildman–Crippen LogP) is 2.08. The van der Waals surface area contributed by atoms with Crippen molar-refractivity contribution in [3.63, 3.8) is 0 Å². The Labute approximate surface area is 101 Å². The largest absolute Gasteiger partial charge is 0.389 e. The number of anilines is 1. The number of pyridine rings is 1. The third-order valence-corrected chi connectivity index (χ3v) is 3.85. The van der Waals surface area contributed by atoms with E-state index in [-0.39, 0.29) is 0 Å². The molecule has 1 saturated heterocycles. The Bertz CT molecular complexity index is 336. The number of hydrogen-bond acceptors (Lipinski definition) is 4. The number of hydrogen-bond donors (Lipinski definition) is 1. The van der Waals surface area contributed by atoms with E-state index in [2.05, 4.69) is 9.88 Å². The summed E-state index contributed by atoms with van der Waals surface area (Å²) in [5, 5.41) is 9.55. The SMILES string of the molecule is C[C@@H](O)c1ccnc(N2CCCSCC2)c1. The Morgan fingerprint density at radius 2 is 2.31 bits per heavy atom. The summed E-state index contributed by atoms with van der Waals surface area (Å²) in [7, 11) is 0. The topological polar surface area (TPSA) is 36.4 Å². The van der Waals surface area contributed by atoms with Gasteiger partial charge in [-0.1, -0.05) is 0 Å². The van der Waals surface area contributed by atoms with Crippen molar-refractivity contribution < 1.29 is 5.11 Å². The molecule has 1 atom stereocenters. The summed E-state index contributed by atoms with van der Waals surface area (Å²) in [6.07, 6.45) is 2.59. The lowest BCUT2D eigenvalue weighted by atomic mass is 10.1. The second kappa shape index (κ2) is 5.55. The summed E-state index contributed by atoms with van der Waals surface area (Å²) in [5.41, 5.74) is 0.946. The first kappa shape index (κ1) is 11.7. The third-order valence-electron chi connectivity index (χ3n) is 2.80. The maximum atomic E-state index is 9.55. The van der Waals surface area contributed by atoms with Gasteiger partial charge in [0, 0.05) is 25.0 Å². The monoisotopic (exact) mass is 238 g/mol. The van der Waals surface area contributed by atoms with E-state index < -0.39 is 6.10 Å². The quantitative estimate of drug-likeness (QED) is 0.856. The molecule has 0 bridgehead atoms. The van der Waals surface area contributed by atoms with Gasteiger partial charge in [0.15, 0.2) is 0 Å². The van der Waals surface area contributed by atoms with Crippen LogP contribution < -0.4 is 4.90 Å². The van der Waals surface area contributed by atoms with E-state index in [9.17, 15) is 5.11 Å². The van der Waals surface area contributed by atoms with Crippen LogP contribution in [0.2, 0.25) is 0 Å². The van der Waals surface area contributed by atoms with E-state index in [4.69, 9.17) is 0 Å². The highest BCUT2D eigenvalue weighted by Crippen LogP contribution is 2.20. The summed E-state index contributed by atoms with van der Waals surface area (Å²) in [6, 6.07) is 3.88. The molecule has 1 aliphatic rings. The molecular formula is C12H18N2OS. The first-order valence-electron chi connectivity index (χ1n) is 5.74. The fourth-order valence-electron chi connectivity index (χ4n) is 1.84. The lowest BCUT2D eigenvalue weighted by Crippen LogP contribution is -2.26. The fourth-order valence-corrected chi connectivity index (χ4v) is 2.73. The van der Waals surface area contributed by atoms with Crippen LogP contribution in [0.25, 0.3) is 0 Å². The van der Waals surface area contributed by atoms with Crippen molar-refractivity contribution in [3.8, 4) is 0 Å². The molecule has 0 aromatic carbocycles. The second-order valence-electron chi connectivity index (χ2n) is 4.08. The Kier molecular flexibility index (Phi) is 4.07. The number of nitrogens with zero attached hydrogens (tertiary/aromatic N) is 2. The van der Waals surface area contributed by atoms with E-state index in [1.54, 1.807) is 13.1 Å². The molecule has 1 aromatic heterocycles. The average Bonchev–Trinajstić information content (AvgIpc) is 2.57. The van der Waals surface area contributed by atoms with Gasteiger partial charge in [0.1, 0.15) is 5.82 Å². The van der Waals surface area contributed by atoms with Crippen LogP contribution in [0.3, 0.4) is 0 Å². The van der Waals surface area contributed by atoms with Crippen LogP contribution in [-0.4, -0.2) is 34.7 Å². The summed E-state index contributed by atoms with van der Waals surface area (Å²) in [6.45, 7) is 3.92. The molecule has 0 spiro atoms. The molecule has 1 aromatic rings. The van der Waals surface area contributed by atoms with Crippen LogP contribution in [0.5, 0.6) is 0 Å². The smallest absolute Gasteiger partial charge is 0.128 e. The minimum absolute atomic E-state index is 0.414. The molecule has 2 heterocycles. The van der Waals surface area contributed by atoms with Gasteiger partial charge >= 0.3 is 0 Å². The number of rotatable bonds is 2. The van der Waals surface area contributed by atoms with Crippen LogP contribution in [0.1, 0.15) is 25.0 Å². The Balaban J connectivity index is 2.15. The highest BCUT2D eigenvalue weighted by molar-refractivity contribution is 7.99. The molecule has 88 valence electrons. The van der Waals surface area contributed by atoms with Gasteiger partial charge < -0.3 is 10.0 Å². The molecular weight excluding hydrogens is 220 g/mol. The number of aromatic nitrogens is 1. The predicted molar refractivity (Wildman–Crippen MR) is 69.0 cm³/mol. The van der Waals surface area contributed by atoms with Gasteiger partial charge in [0.25, 0.3) is 0 Å². The fraction of sp³-hybridized carbons (Fsp3) is 0.583. The highest BCUT2D eigenvalue weighted by Gasteiger charge is 2.12. The maximum absolute atomic E-state index is 9.55. The van der Waals surface area contributed by atoms with Crippen molar-refractivity contribution in [1.82, 2.24) is 4.98 Å². The zero-order chi connectivity index (χ0) is 11.4. The molecule has 0 unspecified atom stereocenters. The minimum Gasteiger partial charge on any atom is -0.389 e. The van der Waals surface area contributed by atoms with E-state index in [0.29, 0.717) is 0 Å². The first-order valence-corrected chi connectivity index (χ1v) is 6.89. The molecule has 3 nitrogen and oxygen atoms in total. The maximum Gasteiger partial charge on any atom is 0.128 e. The molecule has 0 saturated carbocycles. The lowest BCUT2D eigenvalue weighted by Gasteiger charge is -2.21. The molecule has 1 N–H and O–H groups in total. The molecule has 2 rings (SSSR count). The van der Waals surface area contributed by atoms with E-state index >= 15 is 0 Å². The van der Waals surface area contributed by atoms with Crippen LogP contribution in [0, 0.1) is 0 Å². The molecule has 0 aliphatic carbocycles. The van der Waals surface area contributed by atoms with Crippen LogP contribution in [-0.2, 0) is 0 Å². The molecule has 0 radical (unpaired) electrons. The molecule has 0 amide bonds. The van der Waals surface area contributed by atoms with Gasteiger partial charge in [0.2, 0.25) is 0 Å². The molecule has 1 aliphatic heterocycles. The molecule has 4 heteroatoms. The van der Waals surface area contributed by atoms with Crippen molar-refractivity contribution in [2.24, 2.45) is 0 Å².